The predicted octanol–water partition coefficient (Wildman–Crippen LogP) is 2.52. The monoisotopic (exact) mass is 374 g/mol. The Kier molecular flexibility index (Phi) is 6.90. The molecule has 2 saturated heterocycles. The van der Waals surface area contributed by atoms with Gasteiger partial charge in [0.1, 0.15) is 0 Å². The van der Waals surface area contributed by atoms with Crippen molar-refractivity contribution in [1.82, 2.24) is 10.2 Å². The number of carbonyl (C=O) groups excluding carboxylic acids is 1. The molecule has 0 bridgehead atoms. The highest BCUT2D eigenvalue weighted by Crippen LogP contribution is 2.35. The van der Waals surface area contributed by atoms with Crippen molar-refractivity contribution >= 4 is 5.91 Å². The topological polar surface area (TPSA) is 50.8 Å². The number of amides is 1. The Bertz CT molecular complexity index is 620. The van der Waals surface area contributed by atoms with E-state index in [1.54, 1.807) is 0 Å². The summed E-state index contributed by atoms with van der Waals surface area (Å²) in [6, 6.07) is 8.74. The first-order chi connectivity index (χ1) is 13.0. The molecule has 150 valence electrons. The van der Waals surface area contributed by atoms with Crippen molar-refractivity contribution in [2.75, 3.05) is 46.1 Å². The largest absolute Gasteiger partial charge is 0.381 e. The molecule has 0 aromatic heterocycles. The van der Waals surface area contributed by atoms with Gasteiger partial charge in [-0.05, 0) is 31.2 Å². The zero-order valence-corrected chi connectivity index (χ0v) is 17.0. The summed E-state index contributed by atoms with van der Waals surface area (Å²) >= 11 is 0. The highest BCUT2D eigenvalue weighted by atomic mass is 16.5. The van der Waals surface area contributed by atoms with Crippen molar-refractivity contribution in [3.8, 4) is 0 Å². The predicted molar refractivity (Wildman–Crippen MR) is 107 cm³/mol. The molecule has 2 heterocycles. The number of hydrogen-bond acceptors (Lipinski definition) is 4. The third-order valence-corrected chi connectivity index (χ3v) is 6.11. The maximum Gasteiger partial charge on any atom is 0.230 e. The van der Waals surface area contributed by atoms with E-state index in [4.69, 9.17) is 9.47 Å². The van der Waals surface area contributed by atoms with Gasteiger partial charge in [-0.3, -0.25) is 9.69 Å². The minimum absolute atomic E-state index is 0.148. The second-order valence-corrected chi connectivity index (χ2v) is 8.23. The fraction of sp³-hybridized carbons (Fsp3) is 0.682. The van der Waals surface area contributed by atoms with E-state index in [1.807, 2.05) is 0 Å². The van der Waals surface area contributed by atoms with Crippen molar-refractivity contribution in [2.45, 2.75) is 45.1 Å². The van der Waals surface area contributed by atoms with Gasteiger partial charge in [0, 0.05) is 38.9 Å². The smallest absolute Gasteiger partial charge is 0.230 e. The van der Waals surface area contributed by atoms with E-state index in [2.05, 4.69) is 55.3 Å². The molecular weight excluding hydrogens is 340 g/mol. The van der Waals surface area contributed by atoms with E-state index >= 15 is 0 Å². The molecule has 2 fully saturated rings. The average Bonchev–Trinajstić information content (AvgIpc) is 2.69. The van der Waals surface area contributed by atoms with Crippen LogP contribution in [0.15, 0.2) is 24.3 Å². The molecule has 1 atom stereocenters. The van der Waals surface area contributed by atoms with Crippen molar-refractivity contribution in [2.24, 2.45) is 5.92 Å². The molecule has 0 unspecified atom stereocenters. The molecule has 0 radical (unpaired) electrons. The molecule has 0 spiro atoms. The van der Waals surface area contributed by atoms with Crippen LogP contribution in [0.2, 0.25) is 0 Å². The number of morpholine rings is 1. The van der Waals surface area contributed by atoms with Gasteiger partial charge in [0.2, 0.25) is 5.91 Å². The molecule has 0 aliphatic carbocycles. The quantitative estimate of drug-likeness (QED) is 0.831. The van der Waals surface area contributed by atoms with Gasteiger partial charge in [-0.2, -0.15) is 0 Å². The zero-order valence-electron chi connectivity index (χ0n) is 17.0. The number of nitrogens with one attached hydrogen (secondary N) is 1. The Labute approximate surface area is 163 Å². The lowest BCUT2D eigenvalue weighted by Crippen LogP contribution is -2.54. The second kappa shape index (κ2) is 9.18. The first-order valence-electron chi connectivity index (χ1n) is 10.3. The summed E-state index contributed by atoms with van der Waals surface area (Å²) in [7, 11) is 0. The molecule has 27 heavy (non-hydrogen) atoms. The van der Waals surface area contributed by atoms with Gasteiger partial charge in [-0.15, -0.1) is 0 Å². The van der Waals surface area contributed by atoms with E-state index in [0.29, 0.717) is 31.7 Å². The molecule has 1 aromatic carbocycles. The Morgan fingerprint density at radius 2 is 1.81 bits per heavy atom. The molecule has 1 N–H and O–H groups in total. The SMILES string of the molecule is Cc1cccc(C2(C(=O)NC[C@@H](C(C)C)N3CCOCC3)CCOCC2)c1. The average molecular weight is 375 g/mol. The van der Waals surface area contributed by atoms with Gasteiger partial charge in [0.15, 0.2) is 0 Å². The Morgan fingerprint density at radius 3 is 2.44 bits per heavy atom. The lowest BCUT2D eigenvalue weighted by atomic mass is 9.73. The van der Waals surface area contributed by atoms with Crippen LogP contribution in [0.3, 0.4) is 0 Å². The summed E-state index contributed by atoms with van der Waals surface area (Å²) in [6.07, 6.45) is 1.48. The lowest BCUT2D eigenvalue weighted by molar-refractivity contribution is -0.131. The zero-order chi connectivity index (χ0) is 19.3. The first-order valence-corrected chi connectivity index (χ1v) is 10.3. The minimum atomic E-state index is -0.475. The van der Waals surface area contributed by atoms with Crippen molar-refractivity contribution in [1.29, 1.82) is 0 Å². The van der Waals surface area contributed by atoms with Gasteiger partial charge in [0.05, 0.1) is 18.6 Å². The lowest BCUT2D eigenvalue weighted by Gasteiger charge is -2.39. The molecule has 5 nitrogen and oxygen atoms in total. The van der Waals surface area contributed by atoms with Crippen LogP contribution in [0.4, 0.5) is 0 Å². The van der Waals surface area contributed by atoms with Crippen LogP contribution in [-0.2, 0) is 19.7 Å². The third kappa shape index (κ3) is 4.71. The van der Waals surface area contributed by atoms with Gasteiger partial charge < -0.3 is 14.8 Å². The summed E-state index contributed by atoms with van der Waals surface area (Å²) in [5, 5.41) is 3.31. The summed E-state index contributed by atoms with van der Waals surface area (Å²) < 4.78 is 11.1. The van der Waals surface area contributed by atoms with E-state index in [1.165, 1.54) is 5.56 Å². The van der Waals surface area contributed by atoms with E-state index in [0.717, 1.165) is 44.7 Å². The summed E-state index contributed by atoms with van der Waals surface area (Å²) in [6.45, 7) is 12.0. The number of nitrogens with zero attached hydrogens (tertiary/aromatic N) is 1. The fourth-order valence-corrected chi connectivity index (χ4v) is 4.37. The minimum Gasteiger partial charge on any atom is -0.381 e. The maximum atomic E-state index is 13.4. The highest BCUT2D eigenvalue weighted by Gasteiger charge is 2.42. The van der Waals surface area contributed by atoms with Crippen LogP contribution >= 0.6 is 0 Å². The van der Waals surface area contributed by atoms with Crippen LogP contribution in [-0.4, -0.2) is 62.9 Å². The first kappa shape index (κ1) is 20.3. The van der Waals surface area contributed by atoms with Crippen LogP contribution in [0, 0.1) is 12.8 Å². The van der Waals surface area contributed by atoms with Gasteiger partial charge in [-0.25, -0.2) is 0 Å². The van der Waals surface area contributed by atoms with Gasteiger partial charge >= 0.3 is 0 Å². The number of aryl methyl sites for hydroxylation is 1. The van der Waals surface area contributed by atoms with Crippen molar-refractivity contribution < 1.29 is 14.3 Å². The third-order valence-electron chi connectivity index (χ3n) is 6.11. The Balaban J connectivity index is 1.74. The summed E-state index contributed by atoms with van der Waals surface area (Å²) in [5.74, 6) is 0.628. The van der Waals surface area contributed by atoms with E-state index in [-0.39, 0.29) is 5.91 Å². The molecular formula is C22H34N2O3. The van der Waals surface area contributed by atoms with Crippen LogP contribution < -0.4 is 5.32 Å². The van der Waals surface area contributed by atoms with E-state index < -0.39 is 5.41 Å². The van der Waals surface area contributed by atoms with Crippen LogP contribution in [0.1, 0.15) is 37.8 Å². The van der Waals surface area contributed by atoms with E-state index in [9.17, 15) is 4.79 Å². The number of carbonyl (C=O) groups is 1. The summed E-state index contributed by atoms with van der Waals surface area (Å²) in [5.41, 5.74) is 1.84. The number of rotatable bonds is 6. The van der Waals surface area contributed by atoms with Crippen LogP contribution in [0.5, 0.6) is 0 Å². The normalized spacial score (nSPS) is 21.8. The molecule has 2 aliphatic heterocycles. The molecule has 0 saturated carbocycles. The molecule has 1 aromatic rings. The van der Waals surface area contributed by atoms with Gasteiger partial charge in [0.25, 0.3) is 0 Å². The second-order valence-electron chi connectivity index (χ2n) is 8.23. The Hall–Kier alpha value is -1.43. The number of hydrogen-bond donors (Lipinski definition) is 1. The highest BCUT2D eigenvalue weighted by molar-refractivity contribution is 5.88. The van der Waals surface area contributed by atoms with Crippen molar-refractivity contribution in [3.63, 3.8) is 0 Å². The number of benzene rings is 1. The van der Waals surface area contributed by atoms with Gasteiger partial charge in [-0.1, -0.05) is 43.7 Å². The fourth-order valence-electron chi connectivity index (χ4n) is 4.37. The molecule has 5 heteroatoms. The maximum absolute atomic E-state index is 13.4. The summed E-state index contributed by atoms with van der Waals surface area (Å²) in [4.78, 5) is 15.9. The standard InChI is InChI=1S/C22H34N2O3/c1-17(2)20(24-9-13-27-14-10-24)16-23-21(25)22(7-11-26-12-8-22)19-6-4-5-18(3)15-19/h4-6,15,17,20H,7-14,16H2,1-3H3,(H,23,25)/t20-/m0/s1. The molecule has 3 rings (SSSR count). The Morgan fingerprint density at radius 1 is 1.15 bits per heavy atom. The van der Waals surface area contributed by atoms with Crippen molar-refractivity contribution in [3.05, 3.63) is 35.4 Å². The number of ether oxygens (including phenoxy) is 2. The molecule has 2 aliphatic rings. The van der Waals surface area contributed by atoms with Crippen LogP contribution in [0.25, 0.3) is 0 Å². The molecule has 1 amide bonds.